The van der Waals surface area contributed by atoms with Crippen LogP contribution in [0.4, 0.5) is 5.69 Å². The van der Waals surface area contributed by atoms with Gasteiger partial charge in [-0.1, -0.05) is 37.3 Å². The molecule has 5 nitrogen and oxygen atoms in total. The summed E-state index contributed by atoms with van der Waals surface area (Å²) >= 11 is 0. The molecule has 0 aliphatic rings. The van der Waals surface area contributed by atoms with E-state index in [1.807, 2.05) is 49.4 Å². The zero-order chi connectivity index (χ0) is 19.5. The quantitative estimate of drug-likeness (QED) is 0.632. The summed E-state index contributed by atoms with van der Waals surface area (Å²) in [6.07, 6.45) is 1.91. The summed E-state index contributed by atoms with van der Waals surface area (Å²) in [7, 11) is 0. The first-order valence-corrected chi connectivity index (χ1v) is 9.33. The molecule has 0 saturated heterocycles. The average Bonchev–Trinajstić information content (AvgIpc) is 2.68. The number of rotatable bonds is 10. The van der Waals surface area contributed by atoms with Gasteiger partial charge in [0.25, 0.3) is 0 Å². The van der Waals surface area contributed by atoms with Gasteiger partial charge in [-0.3, -0.25) is 9.59 Å². The van der Waals surface area contributed by atoms with E-state index in [9.17, 15) is 9.59 Å². The maximum absolute atomic E-state index is 12.0. The number of nitrogens with one attached hydrogen (secondary N) is 1. The minimum atomic E-state index is -0.363. The predicted octanol–water partition coefficient (Wildman–Crippen LogP) is 4.37. The number of benzene rings is 2. The van der Waals surface area contributed by atoms with E-state index in [2.05, 4.69) is 12.2 Å². The van der Waals surface area contributed by atoms with Crippen LogP contribution in [0.5, 0.6) is 5.75 Å². The van der Waals surface area contributed by atoms with Crippen molar-refractivity contribution in [3.05, 3.63) is 60.2 Å². The smallest absolute Gasteiger partial charge is 0.306 e. The molecule has 2 aromatic rings. The maximum Gasteiger partial charge on any atom is 0.306 e. The van der Waals surface area contributed by atoms with Crippen LogP contribution in [0.2, 0.25) is 0 Å². The first-order valence-electron chi connectivity index (χ1n) is 9.33. The topological polar surface area (TPSA) is 64.6 Å². The Balaban J connectivity index is 1.65. The molecular weight excluding hydrogens is 342 g/mol. The fourth-order valence-electron chi connectivity index (χ4n) is 2.37. The second-order valence-corrected chi connectivity index (χ2v) is 6.37. The molecule has 2 aromatic carbocycles. The Bertz CT molecular complexity index is 713. The molecule has 1 N–H and O–H groups in total. The van der Waals surface area contributed by atoms with Gasteiger partial charge in [0.05, 0.1) is 19.1 Å². The van der Waals surface area contributed by atoms with Gasteiger partial charge in [-0.05, 0) is 43.2 Å². The number of anilines is 1. The van der Waals surface area contributed by atoms with Crippen molar-refractivity contribution in [2.75, 3.05) is 11.9 Å². The third-order valence-corrected chi connectivity index (χ3v) is 4.10. The van der Waals surface area contributed by atoms with Gasteiger partial charge in [-0.25, -0.2) is 0 Å². The van der Waals surface area contributed by atoms with Crippen molar-refractivity contribution < 1.29 is 19.1 Å². The lowest BCUT2D eigenvalue weighted by atomic mass is 10.2. The van der Waals surface area contributed by atoms with Gasteiger partial charge < -0.3 is 14.8 Å². The van der Waals surface area contributed by atoms with Gasteiger partial charge in [0.2, 0.25) is 5.91 Å². The van der Waals surface area contributed by atoms with E-state index in [1.54, 1.807) is 12.1 Å². The van der Waals surface area contributed by atoms with Crippen LogP contribution < -0.4 is 10.1 Å². The van der Waals surface area contributed by atoms with Crippen LogP contribution in [0.3, 0.4) is 0 Å². The summed E-state index contributed by atoms with van der Waals surface area (Å²) in [5, 5.41) is 2.77. The van der Waals surface area contributed by atoms with Crippen molar-refractivity contribution in [3.63, 3.8) is 0 Å². The standard InChI is InChI=1S/C22H27NO4/c1-3-17(2)27-20-11-9-19(10-12-20)23-21(24)13-14-22(25)26-16-15-18-7-5-4-6-8-18/h4-12,17H,3,13-16H2,1-2H3,(H,23,24). The maximum atomic E-state index is 12.0. The molecule has 144 valence electrons. The molecule has 0 aromatic heterocycles. The van der Waals surface area contributed by atoms with Gasteiger partial charge in [0.1, 0.15) is 5.75 Å². The van der Waals surface area contributed by atoms with E-state index >= 15 is 0 Å². The molecule has 0 aliphatic heterocycles. The molecule has 0 bridgehead atoms. The minimum Gasteiger partial charge on any atom is -0.491 e. The Morgan fingerprint density at radius 3 is 2.37 bits per heavy atom. The van der Waals surface area contributed by atoms with Crippen molar-refractivity contribution in [1.82, 2.24) is 0 Å². The van der Waals surface area contributed by atoms with Crippen molar-refractivity contribution in [2.45, 2.75) is 45.6 Å². The third kappa shape index (κ3) is 7.94. The second-order valence-electron chi connectivity index (χ2n) is 6.37. The van der Waals surface area contributed by atoms with Gasteiger partial charge >= 0.3 is 5.97 Å². The van der Waals surface area contributed by atoms with E-state index in [4.69, 9.17) is 9.47 Å². The molecule has 0 fully saturated rings. The molecule has 0 aliphatic carbocycles. The largest absolute Gasteiger partial charge is 0.491 e. The number of hydrogen-bond acceptors (Lipinski definition) is 4. The van der Waals surface area contributed by atoms with Crippen LogP contribution >= 0.6 is 0 Å². The van der Waals surface area contributed by atoms with E-state index in [1.165, 1.54) is 0 Å². The molecule has 1 amide bonds. The minimum absolute atomic E-state index is 0.0653. The fraction of sp³-hybridized carbons (Fsp3) is 0.364. The average molecular weight is 369 g/mol. The lowest BCUT2D eigenvalue weighted by Crippen LogP contribution is -2.15. The Hall–Kier alpha value is -2.82. The Morgan fingerprint density at radius 1 is 1.00 bits per heavy atom. The molecule has 0 spiro atoms. The molecule has 1 atom stereocenters. The lowest BCUT2D eigenvalue weighted by molar-refractivity contribution is -0.144. The normalized spacial score (nSPS) is 11.5. The van der Waals surface area contributed by atoms with Gasteiger partial charge in [0.15, 0.2) is 0 Å². The lowest BCUT2D eigenvalue weighted by Gasteiger charge is -2.13. The van der Waals surface area contributed by atoms with Crippen LogP contribution in [-0.4, -0.2) is 24.6 Å². The summed E-state index contributed by atoms with van der Waals surface area (Å²) in [5.41, 5.74) is 1.79. The van der Waals surface area contributed by atoms with E-state index in [0.717, 1.165) is 17.7 Å². The Labute approximate surface area is 160 Å². The van der Waals surface area contributed by atoms with Crippen molar-refractivity contribution in [2.24, 2.45) is 0 Å². The third-order valence-electron chi connectivity index (χ3n) is 4.10. The van der Waals surface area contributed by atoms with Crippen LogP contribution in [0.25, 0.3) is 0 Å². The van der Waals surface area contributed by atoms with Crippen LogP contribution in [0, 0.1) is 0 Å². The van der Waals surface area contributed by atoms with Gasteiger partial charge in [0, 0.05) is 18.5 Å². The zero-order valence-electron chi connectivity index (χ0n) is 15.9. The van der Waals surface area contributed by atoms with E-state index < -0.39 is 0 Å². The summed E-state index contributed by atoms with van der Waals surface area (Å²) in [6, 6.07) is 17.0. The van der Waals surface area contributed by atoms with Crippen LogP contribution in [-0.2, 0) is 20.7 Å². The highest BCUT2D eigenvalue weighted by Crippen LogP contribution is 2.18. The molecule has 0 saturated carbocycles. The highest BCUT2D eigenvalue weighted by molar-refractivity contribution is 5.92. The number of hydrogen-bond donors (Lipinski definition) is 1. The summed E-state index contributed by atoms with van der Waals surface area (Å²) in [4.78, 5) is 23.7. The molecule has 27 heavy (non-hydrogen) atoms. The number of esters is 1. The van der Waals surface area contributed by atoms with Crippen LogP contribution in [0.1, 0.15) is 38.7 Å². The SMILES string of the molecule is CCC(C)Oc1ccc(NC(=O)CCC(=O)OCCc2ccccc2)cc1. The summed E-state index contributed by atoms with van der Waals surface area (Å²) in [5.74, 6) is 0.188. The summed E-state index contributed by atoms with van der Waals surface area (Å²) < 4.78 is 10.9. The van der Waals surface area contributed by atoms with Gasteiger partial charge in [-0.15, -0.1) is 0 Å². The Kier molecular flexibility index (Phi) is 8.36. The number of ether oxygens (including phenoxy) is 2. The Morgan fingerprint density at radius 2 is 1.70 bits per heavy atom. The zero-order valence-corrected chi connectivity index (χ0v) is 15.9. The predicted molar refractivity (Wildman–Crippen MR) is 106 cm³/mol. The highest BCUT2D eigenvalue weighted by Gasteiger charge is 2.09. The first-order chi connectivity index (χ1) is 13.1. The van der Waals surface area contributed by atoms with Crippen molar-refractivity contribution >= 4 is 17.6 Å². The fourth-order valence-corrected chi connectivity index (χ4v) is 2.37. The van der Waals surface area contributed by atoms with Crippen LogP contribution in [0.15, 0.2) is 54.6 Å². The highest BCUT2D eigenvalue weighted by atomic mass is 16.5. The van der Waals surface area contributed by atoms with Crippen molar-refractivity contribution in [3.8, 4) is 5.75 Å². The first kappa shape index (κ1) is 20.5. The van der Waals surface area contributed by atoms with Crippen molar-refractivity contribution in [1.29, 1.82) is 0 Å². The molecule has 0 heterocycles. The summed E-state index contributed by atoms with van der Waals surface area (Å²) in [6.45, 7) is 4.39. The number of carbonyl (C=O) groups is 2. The van der Waals surface area contributed by atoms with E-state index in [0.29, 0.717) is 18.7 Å². The molecule has 5 heteroatoms. The van der Waals surface area contributed by atoms with E-state index in [-0.39, 0.29) is 30.8 Å². The molecule has 2 rings (SSSR count). The monoisotopic (exact) mass is 369 g/mol. The molecule has 1 unspecified atom stereocenters. The number of carbonyl (C=O) groups excluding carboxylic acids is 2. The molecular formula is C22H27NO4. The number of amides is 1. The second kappa shape index (κ2) is 11.0. The molecule has 0 radical (unpaired) electrons. The van der Waals surface area contributed by atoms with Gasteiger partial charge in [-0.2, -0.15) is 0 Å².